The molecule has 4 rings (SSSR count). The Morgan fingerprint density at radius 1 is 0.891 bits per heavy atom. The molecule has 4 aliphatic rings. The van der Waals surface area contributed by atoms with Crippen LogP contribution in [-0.4, -0.2) is 63.3 Å². The molecule has 0 aromatic rings. The minimum Gasteiger partial charge on any atom is -0.465 e. The van der Waals surface area contributed by atoms with E-state index < -0.39 is 39.0 Å². The molecule has 0 aliphatic heterocycles. The zero-order chi connectivity index (χ0) is 34.2. The summed E-state index contributed by atoms with van der Waals surface area (Å²) in [6.07, 6.45) is 5.88. The van der Waals surface area contributed by atoms with Crippen LogP contribution >= 0.6 is 0 Å². The van der Waals surface area contributed by atoms with Crippen molar-refractivity contribution in [1.82, 2.24) is 0 Å². The van der Waals surface area contributed by atoms with Gasteiger partial charge >= 0.3 is 32.7 Å². The van der Waals surface area contributed by atoms with Crippen LogP contribution < -0.4 is 0 Å². The molecule has 2 N–H and O–H groups in total. The largest absolute Gasteiger partial charge is 0.465 e. The fourth-order valence-electron chi connectivity index (χ4n) is 10.2. The Hall–Kier alpha value is -1.58. The highest BCUT2D eigenvalue weighted by Crippen LogP contribution is 2.68. The molecular weight excluding hydrogens is 640 g/mol. The lowest BCUT2D eigenvalue weighted by Gasteiger charge is -2.62. The maximum atomic E-state index is 12.0. The van der Waals surface area contributed by atoms with Gasteiger partial charge in [-0.1, -0.05) is 32.9 Å². The zero-order valence-electron chi connectivity index (χ0n) is 27.7. The lowest BCUT2D eigenvalue weighted by atomic mass is 9.44. The van der Waals surface area contributed by atoms with Crippen molar-refractivity contribution in [3.8, 4) is 0 Å². The average molecular weight is 693 g/mol. The lowest BCUT2D eigenvalue weighted by molar-refractivity contribution is -0.180. The van der Waals surface area contributed by atoms with Gasteiger partial charge in [0.05, 0.1) is 13.2 Å². The maximum absolute atomic E-state index is 12.0. The molecule has 14 heteroatoms. The van der Waals surface area contributed by atoms with Gasteiger partial charge in [0.15, 0.2) is 0 Å². The molecule has 46 heavy (non-hydrogen) atoms. The van der Waals surface area contributed by atoms with Gasteiger partial charge in [-0.3, -0.25) is 18.7 Å². The number of fused-ring (bicyclic) bond motifs is 5. The molecule has 4 fully saturated rings. The fraction of sp³-hybridized carbons (Fsp3) is 0.875. The third kappa shape index (κ3) is 8.52. The van der Waals surface area contributed by atoms with E-state index in [1.165, 1.54) is 13.8 Å². The normalized spacial score (nSPS) is 37.2. The second kappa shape index (κ2) is 14.1. The summed E-state index contributed by atoms with van der Waals surface area (Å²) >= 11 is 0. The first kappa shape index (κ1) is 37.2. The lowest BCUT2D eigenvalue weighted by Crippen LogP contribution is -2.58. The van der Waals surface area contributed by atoms with E-state index in [1.807, 2.05) is 6.92 Å². The molecule has 4 saturated carbocycles. The SMILES string of the molecule is C=C(CC[C@@H](COS(=O)(=O)O)[C@H]1CC[C@H]2[C@@H]3CCC4C[C@H](OS(=O)(=O)O)[C@@H](OC(C)=O)C[C@]4(C)[C@H]3CC[C@]12C)[C@@H](C)COC(C)=O. The summed E-state index contributed by atoms with van der Waals surface area (Å²) in [5.41, 5.74) is 0.608. The van der Waals surface area contributed by atoms with Crippen LogP contribution in [0.25, 0.3) is 0 Å². The van der Waals surface area contributed by atoms with Crippen molar-refractivity contribution in [3.05, 3.63) is 12.2 Å². The molecule has 0 spiro atoms. The number of rotatable bonds is 13. The summed E-state index contributed by atoms with van der Waals surface area (Å²) in [6, 6.07) is 0. The molecule has 11 atom stereocenters. The first-order valence-corrected chi connectivity index (χ1v) is 19.2. The zero-order valence-corrected chi connectivity index (χ0v) is 29.3. The molecule has 0 aromatic heterocycles. The van der Waals surface area contributed by atoms with E-state index in [2.05, 4.69) is 20.4 Å². The van der Waals surface area contributed by atoms with E-state index in [0.29, 0.717) is 43.4 Å². The van der Waals surface area contributed by atoms with E-state index in [0.717, 1.165) is 44.1 Å². The molecule has 12 nitrogen and oxygen atoms in total. The molecule has 0 bridgehead atoms. The van der Waals surface area contributed by atoms with Gasteiger partial charge in [-0.15, -0.1) is 0 Å². The van der Waals surface area contributed by atoms with Gasteiger partial charge in [0.2, 0.25) is 0 Å². The molecule has 0 aromatic carbocycles. The Kier molecular flexibility index (Phi) is 11.4. The predicted octanol–water partition coefficient (Wildman–Crippen LogP) is 5.35. The van der Waals surface area contributed by atoms with Gasteiger partial charge in [-0.2, -0.15) is 16.8 Å². The number of hydrogen-bond donors (Lipinski definition) is 2. The highest BCUT2D eigenvalue weighted by atomic mass is 32.3. The molecule has 0 amide bonds. The van der Waals surface area contributed by atoms with Crippen molar-refractivity contribution in [2.45, 2.75) is 111 Å². The predicted molar refractivity (Wildman–Crippen MR) is 168 cm³/mol. The van der Waals surface area contributed by atoms with Gasteiger partial charge in [0.25, 0.3) is 0 Å². The van der Waals surface area contributed by atoms with Crippen LogP contribution in [0.1, 0.15) is 98.8 Å². The Morgan fingerprint density at radius 2 is 1.57 bits per heavy atom. The van der Waals surface area contributed by atoms with Gasteiger partial charge < -0.3 is 9.47 Å². The first-order chi connectivity index (χ1) is 21.2. The van der Waals surface area contributed by atoms with Crippen LogP contribution in [0.5, 0.6) is 0 Å². The standard InChI is InChI=1S/C32H52O12S2/c1-19(20(2)17-41-21(3)33)7-8-23(18-42-45(35,36)37)26-11-12-27-25-10-9-24-15-29(44-46(38,39)40)30(43-22(4)34)16-32(24,6)28(25)13-14-31(26,27)5/h20,23-30H,1,7-18H2,2-6H3,(H,35,36,37)(H,38,39,40)/t20-,23-,24?,25-,26+,27-,28-,29-,30-,31+,32-/m0/s1. The summed E-state index contributed by atoms with van der Waals surface area (Å²) in [4.78, 5) is 23.3. The minimum absolute atomic E-state index is 0.0564. The number of hydrogen-bond acceptors (Lipinski definition) is 10. The molecule has 0 saturated heterocycles. The van der Waals surface area contributed by atoms with Crippen LogP contribution in [0, 0.1) is 52.3 Å². The van der Waals surface area contributed by atoms with E-state index in [-0.39, 0.29) is 53.7 Å². The quantitative estimate of drug-likeness (QED) is 0.144. The maximum Gasteiger partial charge on any atom is 0.397 e. The number of carbonyl (C=O) groups is 2. The number of ether oxygens (including phenoxy) is 2. The van der Waals surface area contributed by atoms with Crippen LogP contribution in [0.3, 0.4) is 0 Å². The van der Waals surface area contributed by atoms with Crippen molar-refractivity contribution in [2.75, 3.05) is 13.2 Å². The van der Waals surface area contributed by atoms with Crippen molar-refractivity contribution in [1.29, 1.82) is 0 Å². The first-order valence-electron chi connectivity index (χ1n) is 16.5. The topological polar surface area (TPSA) is 180 Å². The molecule has 0 heterocycles. The average Bonchev–Trinajstić information content (AvgIpc) is 3.27. The van der Waals surface area contributed by atoms with Gasteiger partial charge in [0, 0.05) is 19.8 Å². The smallest absolute Gasteiger partial charge is 0.397 e. The third-order valence-electron chi connectivity index (χ3n) is 12.3. The minimum atomic E-state index is -4.72. The van der Waals surface area contributed by atoms with Crippen molar-refractivity contribution in [2.24, 2.45) is 52.3 Å². The molecule has 4 aliphatic carbocycles. The van der Waals surface area contributed by atoms with Gasteiger partial charge in [0.1, 0.15) is 12.2 Å². The highest BCUT2D eigenvalue weighted by Gasteiger charge is 2.62. The van der Waals surface area contributed by atoms with Crippen LogP contribution in [0.4, 0.5) is 0 Å². The monoisotopic (exact) mass is 692 g/mol. The molecular formula is C32H52O12S2. The summed E-state index contributed by atoms with van der Waals surface area (Å²) in [6.45, 7) is 13.4. The third-order valence-corrected chi connectivity index (χ3v) is 13.3. The van der Waals surface area contributed by atoms with Gasteiger partial charge in [-0.25, -0.2) is 8.37 Å². The summed E-state index contributed by atoms with van der Waals surface area (Å²) in [5, 5.41) is 0. The Labute approximate surface area is 274 Å². The van der Waals surface area contributed by atoms with Crippen molar-refractivity contribution in [3.63, 3.8) is 0 Å². The van der Waals surface area contributed by atoms with Crippen LogP contribution in [-0.2, 0) is 48.2 Å². The Bertz CT molecular complexity index is 1360. The van der Waals surface area contributed by atoms with E-state index >= 15 is 0 Å². The number of esters is 2. The summed E-state index contributed by atoms with van der Waals surface area (Å²) in [5.74, 6) is 0.320. The van der Waals surface area contributed by atoms with Crippen molar-refractivity contribution >= 4 is 32.7 Å². The van der Waals surface area contributed by atoms with E-state index in [1.54, 1.807) is 0 Å². The summed E-state index contributed by atoms with van der Waals surface area (Å²) < 4.78 is 86.2. The number of carbonyl (C=O) groups excluding carboxylic acids is 2. The second-order valence-electron chi connectivity index (χ2n) is 14.9. The Morgan fingerprint density at radius 3 is 2.17 bits per heavy atom. The van der Waals surface area contributed by atoms with E-state index in [9.17, 15) is 35.5 Å². The van der Waals surface area contributed by atoms with Crippen LogP contribution in [0.15, 0.2) is 12.2 Å². The molecule has 1 unspecified atom stereocenters. The Balaban J connectivity index is 1.52. The van der Waals surface area contributed by atoms with Gasteiger partial charge in [-0.05, 0) is 111 Å². The summed E-state index contributed by atoms with van der Waals surface area (Å²) in [7, 11) is -9.34. The van der Waals surface area contributed by atoms with Crippen LogP contribution in [0.2, 0.25) is 0 Å². The van der Waals surface area contributed by atoms with Crippen molar-refractivity contribution < 1.29 is 53.4 Å². The highest BCUT2D eigenvalue weighted by molar-refractivity contribution is 7.81. The van der Waals surface area contributed by atoms with E-state index in [4.69, 9.17) is 17.8 Å². The molecule has 264 valence electrons. The second-order valence-corrected chi connectivity index (χ2v) is 17.0. The fourth-order valence-corrected chi connectivity index (χ4v) is 11.1. The molecule has 0 radical (unpaired) electrons.